The number of fused-ring (bicyclic) bond motifs is 2. The molecule has 1 aliphatic carbocycles. The zero-order valence-corrected chi connectivity index (χ0v) is 18.7. The molecule has 0 N–H and O–H groups in total. The summed E-state index contributed by atoms with van der Waals surface area (Å²) in [7, 11) is 0. The van der Waals surface area contributed by atoms with Crippen LogP contribution in [0.15, 0.2) is 42.5 Å². The molecule has 4 atom stereocenters. The van der Waals surface area contributed by atoms with Crippen molar-refractivity contribution in [3.63, 3.8) is 0 Å². The van der Waals surface area contributed by atoms with Crippen LogP contribution < -0.4 is 0 Å². The van der Waals surface area contributed by atoms with Gasteiger partial charge in [-0.3, -0.25) is 4.79 Å². The van der Waals surface area contributed by atoms with E-state index in [1.165, 1.54) is 6.07 Å². The maximum Gasteiger partial charge on any atom is 0.433 e. The van der Waals surface area contributed by atoms with Crippen LogP contribution in [-0.2, 0) is 6.18 Å². The number of hydrogen-bond acceptors (Lipinski definition) is 3. The van der Waals surface area contributed by atoms with Crippen LogP contribution in [0.3, 0.4) is 0 Å². The average Bonchev–Trinajstić information content (AvgIpc) is 3.22. The number of aromatic nitrogens is 3. The lowest BCUT2D eigenvalue weighted by atomic mass is 9.72. The van der Waals surface area contributed by atoms with Crippen molar-refractivity contribution in [3.8, 4) is 11.3 Å². The third-order valence-corrected chi connectivity index (χ3v) is 7.23. The van der Waals surface area contributed by atoms with Crippen molar-refractivity contribution < 1.29 is 18.0 Å². The van der Waals surface area contributed by atoms with E-state index in [9.17, 15) is 18.0 Å². The summed E-state index contributed by atoms with van der Waals surface area (Å²) in [6.07, 6.45) is 0.428. The molecule has 1 aromatic carbocycles. The number of carbonyl (C=O) groups is 1. The van der Waals surface area contributed by atoms with Gasteiger partial charge >= 0.3 is 6.18 Å². The van der Waals surface area contributed by atoms with Crippen LogP contribution in [0.4, 0.5) is 13.2 Å². The lowest BCUT2D eigenvalue weighted by Crippen LogP contribution is -2.54. The van der Waals surface area contributed by atoms with Crippen LogP contribution >= 0.6 is 0 Å². The third kappa shape index (κ3) is 4.00. The number of nitrogens with zero attached hydrogens (tertiary/aromatic N) is 4. The topological polar surface area (TPSA) is 50.5 Å². The van der Waals surface area contributed by atoms with Crippen molar-refractivity contribution in [2.45, 2.75) is 64.2 Å². The Hall–Kier alpha value is -2.90. The maximum absolute atomic E-state index is 13.9. The van der Waals surface area contributed by atoms with E-state index in [4.69, 9.17) is 0 Å². The summed E-state index contributed by atoms with van der Waals surface area (Å²) in [5.41, 5.74) is -0.137. The van der Waals surface area contributed by atoms with Gasteiger partial charge in [-0.1, -0.05) is 37.3 Å². The van der Waals surface area contributed by atoms with E-state index >= 15 is 0 Å². The van der Waals surface area contributed by atoms with E-state index in [1.54, 1.807) is 30.3 Å². The minimum Gasteiger partial charge on any atom is -0.331 e. The molecule has 2 fully saturated rings. The van der Waals surface area contributed by atoms with Gasteiger partial charge in [0.1, 0.15) is 0 Å². The second kappa shape index (κ2) is 8.15. The molecule has 5 nitrogen and oxygen atoms in total. The Labute approximate surface area is 190 Å². The fourth-order valence-corrected chi connectivity index (χ4v) is 5.60. The number of carbonyl (C=O) groups excluding carboxylic acids is 1. The zero-order chi connectivity index (χ0) is 23.3. The zero-order valence-electron chi connectivity index (χ0n) is 18.7. The van der Waals surface area contributed by atoms with Gasteiger partial charge in [-0.25, -0.2) is 9.50 Å². The number of halogens is 3. The van der Waals surface area contributed by atoms with E-state index in [1.807, 2.05) is 11.8 Å². The summed E-state index contributed by atoms with van der Waals surface area (Å²) in [6, 6.07) is 11.3. The predicted molar refractivity (Wildman–Crippen MR) is 119 cm³/mol. The summed E-state index contributed by atoms with van der Waals surface area (Å²) in [5.74, 6) is 0.785. The number of likely N-dealkylation sites (tertiary alicyclic amines) is 1. The molecule has 8 heteroatoms. The highest BCUT2D eigenvalue weighted by Crippen LogP contribution is 2.41. The number of piperidine rings is 1. The summed E-state index contributed by atoms with van der Waals surface area (Å²) in [6.45, 7) is 4.27. The Morgan fingerprint density at radius 2 is 1.79 bits per heavy atom. The molecule has 2 aromatic heterocycles. The molecule has 2 aliphatic rings. The second-order valence-electron chi connectivity index (χ2n) is 9.57. The second-order valence-corrected chi connectivity index (χ2v) is 9.57. The fourth-order valence-electron chi connectivity index (χ4n) is 5.60. The Kier molecular flexibility index (Phi) is 5.41. The van der Waals surface area contributed by atoms with Gasteiger partial charge in [0.2, 0.25) is 0 Å². The Morgan fingerprint density at radius 3 is 2.52 bits per heavy atom. The molecule has 1 amide bonds. The van der Waals surface area contributed by atoms with Gasteiger partial charge in [-0.15, -0.1) is 0 Å². The molecular weight excluding hydrogens is 429 g/mol. The number of rotatable bonds is 2. The minimum absolute atomic E-state index is 0.0179. The average molecular weight is 457 g/mol. The Morgan fingerprint density at radius 1 is 1.03 bits per heavy atom. The molecular formula is C25H27F3N4O. The number of benzene rings is 1. The van der Waals surface area contributed by atoms with Crippen LogP contribution in [0.1, 0.15) is 62.1 Å². The monoisotopic (exact) mass is 456 g/mol. The van der Waals surface area contributed by atoms with Gasteiger partial charge < -0.3 is 4.90 Å². The first-order valence-corrected chi connectivity index (χ1v) is 11.6. The summed E-state index contributed by atoms with van der Waals surface area (Å²) in [5, 5.41) is 4.12. The number of alkyl halides is 3. The fraction of sp³-hybridized carbons (Fsp3) is 0.480. The van der Waals surface area contributed by atoms with Gasteiger partial charge in [-0.2, -0.15) is 18.3 Å². The van der Waals surface area contributed by atoms with Crippen molar-refractivity contribution in [2.75, 3.05) is 0 Å². The molecule has 33 heavy (non-hydrogen) atoms. The molecule has 0 bridgehead atoms. The third-order valence-electron chi connectivity index (χ3n) is 7.23. The largest absolute Gasteiger partial charge is 0.433 e. The number of hydrogen-bond donors (Lipinski definition) is 0. The maximum atomic E-state index is 13.9. The first-order chi connectivity index (χ1) is 15.7. The first-order valence-electron chi connectivity index (χ1n) is 11.6. The minimum atomic E-state index is -4.64. The van der Waals surface area contributed by atoms with Gasteiger partial charge in [0.05, 0.1) is 5.69 Å². The lowest BCUT2D eigenvalue weighted by molar-refractivity contribution is -0.142. The molecule has 3 aromatic rings. The van der Waals surface area contributed by atoms with Crippen molar-refractivity contribution in [3.05, 3.63) is 53.9 Å². The molecule has 0 unspecified atom stereocenters. The number of amides is 1. The van der Waals surface area contributed by atoms with Crippen LogP contribution in [0.5, 0.6) is 0 Å². The molecule has 3 heterocycles. The molecule has 174 valence electrons. The predicted octanol–water partition coefficient (Wildman–Crippen LogP) is 5.84. The molecule has 1 saturated carbocycles. The van der Waals surface area contributed by atoms with E-state index < -0.39 is 11.9 Å². The summed E-state index contributed by atoms with van der Waals surface area (Å²) in [4.78, 5) is 19.9. The van der Waals surface area contributed by atoms with Gasteiger partial charge in [0, 0.05) is 23.7 Å². The quantitative estimate of drug-likeness (QED) is 0.487. The molecule has 0 spiro atoms. The van der Waals surface area contributed by atoms with Crippen molar-refractivity contribution in [2.24, 2.45) is 11.8 Å². The first kappa shape index (κ1) is 21.9. The van der Waals surface area contributed by atoms with Crippen molar-refractivity contribution in [1.29, 1.82) is 0 Å². The standard InChI is InChI=1S/C25H27F3N4O/c1-15-8-11-21-18(12-15)10-9-16(2)31(21)24(33)20-14-23-29-19(17-6-4-3-5-7-17)13-22(25(26,27)28)32(23)30-20/h3-7,13-16,18,21H,8-12H2,1-2H3/t15-,16-,18+,21-/m1/s1. The van der Waals surface area contributed by atoms with Gasteiger partial charge in [0.15, 0.2) is 17.0 Å². The van der Waals surface area contributed by atoms with Crippen molar-refractivity contribution in [1.82, 2.24) is 19.5 Å². The molecule has 0 radical (unpaired) electrons. The highest BCUT2D eigenvalue weighted by Gasteiger charge is 2.42. The summed E-state index contributed by atoms with van der Waals surface area (Å²) >= 11 is 0. The van der Waals surface area contributed by atoms with E-state index in [2.05, 4.69) is 17.0 Å². The van der Waals surface area contributed by atoms with E-state index in [0.717, 1.165) is 42.7 Å². The highest BCUT2D eigenvalue weighted by atomic mass is 19.4. The Bertz CT molecular complexity index is 1170. The molecule has 1 aliphatic heterocycles. The normalized spacial score (nSPS) is 25.8. The smallest absolute Gasteiger partial charge is 0.331 e. The van der Waals surface area contributed by atoms with Crippen molar-refractivity contribution >= 4 is 11.6 Å². The lowest BCUT2D eigenvalue weighted by Gasteiger charge is -2.48. The van der Waals surface area contributed by atoms with Crippen LogP contribution in [0, 0.1) is 11.8 Å². The van der Waals surface area contributed by atoms with Crippen LogP contribution in [0.25, 0.3) is 16.9 Å². The Balaban J connectivity index is 1.57. The SMILES string of the molecule is C[C@@H]1CC[C@@H]2[C@@H](CC[C@@H](C)N2C(=O)c2cc3nc(-c4ccccc4)cc(C(F)(F)F)n3n2)C1. The van der Waals surface area contributed by atoms with E-state index in [0.29, 0.717) is 17.4 Å². The van der Waals surface area contributed by atoms with Crippen LogP contribution in [0.2, 0.25) is 0 Å². The van der Waals surface area contributed by atoms with E-state index in [-0.39, 0.29) is 35.0 Å². The van der Waals surface area contributed by atoms with Gasteiger partial charge in [0.25, 0.3) is 5.91 Å². The highest BCUT2D eigenvalue weighted by molar-refractivity contribution is 5.94. The van der Waals surface area contributed by atoms with Gasteiger partial charge in [-0.05, 0) is 56.9 Å². The summed E-state index contributed by atoms with van der Waals surface area (Å²) < 4.78 is 42.5. The van der Waals surface area contributed by atoms with Crippen LogP contribution in [-0.4, -0.2) is 37.5 Å². The molecule has 5 rings (SSSR count). The molecule has 1 saturated heterocycles.